The SMILES string of the molecule is CNC1(c2nnnn2-c2ccc3c(c2)OCO3)CCCCC1. The maximum Gasteiger partial charge on any atom is 0.231 e. The fourth-order valence-corrected chi connectivity index (χ4v) is 3.42. The van der Waals surface area contributed by atoms with Crippen LogP contribution in [0.15, 0.2) is 18.2 Å². The molecule has 0 amide bonds. The molecule has 0 radical (unpaired) electrons. The normalized spacial score (nSPS) is 19.3. The van der Waals surface area contributed by atoms with Crippen LogP contribution in [0.3, 0.4) is 0 Å². The first-order chi connectivity index (χ1) is 10.8. The average molecular weight is 301 g/mol. The summed E-state index contributed by atoms with van der Waals surface area (Å²) in [5.41, 5.74) is 0.738. The van der Waals surface area contributed by atoms with Gasteiger partial charge in [-0.2, -0.15) is 4.68 Å². The molecular weight excluding hydrogens is 282 g/mol. The summed E-state index contributed by atoms with van der Waals surface area (Å²) in [5.74, 6) is 2.37. The molecule has 2 aliphatic rings. The molecule has 1 aliphatic carbocycles. The minimum absolute atomic E-state index is 0.155. The number of hydrogen-bond donors (Lipinski definition) is 1. The molecule has 22 heavy (non-hydrogen) atoms. The van der Waals surface area contributed by atoms with Crippen LogP contribution in [-0.2, 0) is 5.54 Å². The second-order valence-electron chi connectivity index (χ2n) is 5.84. The van der Waals surface area contributed by atoms with Crippen molar-refractivity contribution in [3.05, 3.63) is 24.0 Å². The van der Waals surface area contributed by atoms with E-state index in [0.29, 0.717) is 0 Å². The molecule has 1 aromatic heterocycles. The Morgan fingerprint density at radius 3 is 2.77 bits per heavy atom. The Balaban J connectivity index is 1.76. The number of nitrogens with zero attached hydrogens (tertiary/aromatic N) is 4. The maximum atomic E-state index is 5.45. The molecule has 1 N–H and O–H groups in total. The molecule has 7 heteroatoms. The summed E-state index contributed by atoms with van der Waals surface area (Å²) in [6, 6.07) is 5.78. The van der Waals surface area contributed by atoms with Crippen LogP contribution in [0.1, 0.15) is 37.9 Å². The van der Waals surface area contributed by atoms with Gasteiger partial charge in [0.15, 0.2) is 17.3 Å². The van der Waals surface area contributed by atoms with E-state index in [9.17, 15) is 0 Å². The van der Waals surface area contributed by atoms with E-state index in [2.05, 4.69) is 20.8 Å². The quantitative estimate of drug-likeness (QED) is 0.931. The third-order valence-electron chi connectivity index (χ3n) is 4.68. The molecule has 4 rings (SSSR count). The summed E-state index contributed by atoms with van der Waals surface area (Å²) in [6.45, 7) is 0.266. The second kappa shape index (κ2) is 5.24. The number of benzene rings is 1. The molecule has 1 aromatic carbocycles. The van der Waals surface area contributed by atoms with Crippen LogP contribution >= 0.6 is 0 Å². The monoisotopic (exact) mass is 301 g/mol. The van der Waals surface area contributed by atoms with Gasteiger partial charge >= 0.3 is 0 Å². The van der Waals surface area contributed by atoms with Crippen LogP contribution < -0.4 is 14.8 Å². The molecule has 0 spiro atoms. The summed E-state index contributed by atoms with van der Waals surface area (Å²) in [5, 5.41) is 15.9. The van der Waals surface area contributed by atoms with Crippen LogP contribution in [0.2, 0.25) is 0 Å². The number of rotatable bonds is 3. The van der Waals surface area contributed by atoms with Crippen molar-refractivity contribution in [2.45, 2.75) is 37.6 Å². The molecule has 1 fully saturated rings. The predicted octanol–water partition coefficient (Wildman–Crippen LogP) is 1.77. The summed E-state index contributed by atoms with van der Waals surface area (Å²) in [6.07, 6.45) is 5.75. The van der Waals surface area contributed by atoms with Gasteiger partial charge in [-0.15, -0.1) is 5.10 Å². The standard InChI is InChI=1S/C15H19N5O2/c1-16-15(7-3-2-4-8-15)14-17-18-19-20(14)11-5-6-12-13(9-11)22-10-21-12/h5-6,9,16H,2-4,7-8,10H2,1H3. The lowest BCUT2D eigenvalue weighted by molar-refractivity contribution is 0.174. The summed E-state index contributed by atoms with van der Waals surface area (Å²) >= 11 is 0. The zero-order valence-corrected chi connectivity index (χ0v) is 12.6. The highest BCUT2D eigenvalue weighted by Gasteiger charge is 2.37. The number of hydrogen-bond acceptors (Lipinski definition) is 6. The minimum Gasteiger partial charge on any atom is -0.454 e. The zero-order chi connectivity index (χ0) is 15.0. The van der Waals surface area contributed by atoms with Crippen molar-refractivity contribution in [2.75, 3.05) is 13.8 Å². The summed E-state index contributed by atoms with van der Waals surface area (Å²) in [7, 11) is 1.99. The summed E-state index contributed by atoms with van der Waals surface area (Å²) < 4.78 is 12.6. The number of ether oxygens (including phenoxy) is 2. The van der Waals surface area contributed by atoms with E-state index in [1.807, 2.05) is 29.9 Å². The number of fused-ring (bicyclic) bond motifs is 1. The second-order valence-corrected chi connectivity index (χ2v) is 5.84. The molecular formula is C15H19N5O2. The van der Waals surface area contributed by atoms with Crippen LogP contribution in [0, 0.1) is 0 Å². The van der Waals surface area contributed by atoms with Gasteiger partial charge in [0.25, 0.3) is 0 Å². The molecule has 0 atom stereocenters. The summed E-state index contributed by atoms with van der Waals surface area (Å²) in [4.78, 5) is 0. The molecule has 0 unspecified atom stereocenters. The van der Waals surface area contributed by atoms with Crippen molar-refractivity contribution in [3.63, 3.8) is 0 Å². The van der Waals surface area contributed by atoms with Crippen LogP contribution in [-0.4, -0.2) is 34.0 Å². The lowest BCUT2D eigenvalue weighted by Crippen LogP contribution is -2.44. The average Bonchev–Trinajstić information content (AvgIpc) is 3.24. The first kappa shape index (κ1) is 13.5. The molecule has 0 bridgehead atoms. The van der Waals surface area contributed by atoms with E-state index in [1.54, 1.807) is 0 Å². The van der Waals surface area contributed by atoms with Gasteiger partial charge in [0.1, 0.15) is 0 Å². The maximum absolute atomic E-state index is 5.45. The number of aromatic nitrogens is 4. The molecule has 1 aliphatic heterocycles. The first-order valence-corrected chi connectivity index (χ1v) is 7.70. The Labute approximate surface area is 128 Å². The Morgan fingerprint density at radius 2 is 1.95 bits per heavy atom. The predicted molar refractivity (Wildman–Crippen MR) is 79.1 cm³/mol. The lowest BCUT2D eigenvalue weighted by Gasteiger charge is -2.35. The Hall–Kier alpha value is -2.15. The largest absolute Gasteiger partial charge is 0.454 e. The van der Waals surface area contributed by atoms with Gasteiger partial charge in [-0.3, -0.25) is 0 Å². The van der Waals surface area contributed by atoms with Crippen LogP contribution in [0.5, 0.6) is 11.5 Å². The van der Waals surface area contributed by atoms with Gasteiger partial charge in [0, 0.05) is 6.07 Å². The van der Waals surface area contributed by atoms with Crippen molar-refractivity contribution < 1.29 is 9.47 Å². The van der Waals surface area contributed by atoms with E-state index in [-0.39, 0.29) is 12.3 Å². The van der Waals surface area contributed by atoms with Crippen molar-refractivity contribution in [1.82, 2.24) is 25.5 Å². The zero-order valence-electron chi connectivity index (χ0n) is 12.6. The van der Waals surface area contributed by atoms with Crippen LogP contribution in [0.4, 0.5) is 0 Å². The van der Waals surface area contributed by atoms with Gasteiger partial charge < -0.3 is 14.8 Å². The van der Waals surface area contributed by atoms with E-state index in [4.69, 9.17) is 9.47 Å². The molecule has 7 nitrogen and oxygen atoms in total. The van der Waals surface area contributed by atoms with Crippen molar-refractivity contribution in [2.24, 2.45) is 0 Å². The van der Waals surface area contributed by atoms with Gasteiger partial charge in [-0.25, -0.2) is 0 Å². The number of tetrazole rings is 1. The Bertz CT molecular complexity index is 678. The molecule has 116 valence electrons. The highest BCUT2D eigenvalue weighted by atomic mass is 16.7. The lowest BCUT2D eigenvalue weighted by atomic mass is 9.81. The van der Waals surface area contributed by atoms with Gasteiger partial charge in [0.05, 0.1) is 11.2 Å². The fraction of sp³-hybridized carbons (Fsp3) is 0.533. The molecule has 2 heterocycles. The van der Waals surface area contributed by atoms with Crippen molar-refractivity contribution >= 4 is 0 Å². The molecule has 2 aromatic rings. The van der Waals surface area contributed by atoms with Gasteiger partial charge in [-0.1, -0.05) is 19.3 Å². The van der Waals surface area contributed by atoms with E-state index < -0.39 is 0 Å². The van der Waals surface area contributed by atoms with Gasteiger partial charge in [-0.05, 0) is 42.4 Å². The van der Waals surface area contributed by atoms with E-state index >= 15 is 0 Å². The number of nitrogens with one attached hydrogen (secondary N) is 1. The molecule has 1 saturated carbocycles. The third kappa shape index (κ3) is 2.04. The van der Waals surface area contributed by atoms with Crippen LogP contribution in [0.25, 0.3) is 5.69 Å². The first-order valence-electron chi connectivity index (χ1n) is 7.70. The topological polar surface area (TPSA) is 74.1 Å². The van der Waals surface area contributed by atoms with Crippen molar-refractivity contribution in [3.8, 4) is 17.2 Å². The third-order valence-corrected chi connectivity index (χ3v) is 4.68. The minimum atomic E-state index is -0.155. The van der Waals surface area contributed by atoms with E-state index in [0.717, 1.165) is 35.9 Å². The Kier molecular flexibility index (Phi) is 3.22. The van der Waals surface area contributed by atoms with Crippen molar-refractivity contribution in [1.29, 1.82) is 0 Å². The van der Waals surface area contributed by atoms with Gasteiger partial charge in [0.2, 0.25) is 6.79 Å². The Morgan fingerprint density at radius 1 is 1.14 bits per heavy atom. The smallest absolute Gasteiger partial charge is 0.231 e. The highest BCUT2D eigenvalue weighted by molar-refractivity contribution is 5.50. The highest BCUT2D eigenvalue weighted by Crippen LogP contribution is 2.38. The fourth-order valence-electron chi connectivity index (χ4n) is 3.42. The molecule has 0 saturated heterocycles. The van der Waals surface area contributed by atoms with E-state index in [1.165, 1.54) is 19.3 Å².